The van der Waals surface area contributed by atoms with Crippen LogP contribution >= 0.6 is 0 Å². The van der Waals surface area contributed by atoms with E-state index in [2.05, 4.69) is 0 Å². The number of benzene rings is 1. The van der Waals surface area contributed by atoms with Gasteiger partial charge in [0.05, 0.1) is 12.1 Å². The van der Waals surface area contributed by atoms with Gasteiger partial charge in [0.1, 0.15) is 0 Å². The molecule has 4 nitrogen and oxygen atoms in total. The molecule has 1 aromatic carbocycles. The highest BCUT2D eigenvalue weighted by Crippen LogP contribution is 2.24. The fraction of sp³-hybridized carbons (Fsp3) is 0.333. The van der Waals surface area contributed by atoms with Crippen LogP contribution < -0.4 is 4.90 Å². The third kappa shape index (κ3) is 3.46. The first kappa shape index (κ1) is 15.0. The first-order chi connectivity index (χ1) is 8.88. The number of aliphatic carboxylic acids is 1. The van der Waals surface area contributed by atoms with E-state index in [1.54, 1.807) is 0 Å². The summed E-state index contributed by atoms with van der Waals surface area (Å²) >= 11 is 0. The molecule has 0 radical (unpaired) electrons. The second-order valence-electron chi connectivity index (χ2n) is 3.74. The average molecular weight is 275 g/mol. The molecule has 1 amide bonds. The standard InChI is InChI=1S/C12H12F3NO3/c1-2-9(17)16(6-5-10(18)19)8-4-3-7(13)11(14)12(8)15/h3-4H,2,5-6H2,1H3,(H,18,19). The predicted molar refractivity (Wildman–Crippen MR) is 61.2 cm³/mol. The molecule has 0 saturated carbocycles. The van der Waals surface area contributed by atoms with Crippen LogP contribution in [-0.4, -0.2) is 23.5 Å². The normalized spacial score (nSPS) is 10.3. The van der Waals surface area contributed by atoms with E-state index >= 15 is 0 Å². The number of amides is 1. The Labute approximate surface area is 107 Å². The highest BCUT2D eigenvalue weighted by atomic mass is 19.2. The second kappa shape index (κ2) is 6.21. The summed E-state index contributed by atoms with van der Waals surface area (Å²) in [5.74, 6) is -6.33. The number of hydrogen-bond donors (Lipinski definition) is 1. The van der Waals surface area contributed by atoms with Gasteiger partial charge in [0.15, 0.2) is 17.5 Å². The zero-order valence-corrected chi connectivity index (χ0v) is 10.1. The maximum absolute atomic E-state index is 13.6. The van der Waals surface area contributed by atoms with Gasteiger partial charge in [-0.3, -0.25) is 9.59 Å². The number of halogens is 3. The molecule has 7 heteroatoms. The number of anilines is 1. The predicted octanol–water partition coefficient (Wildman–Crippen LogP) is 2.32. The van der Waals surface area contributed by atoms with E-state index in [9.17, 15) is 22.8 Å². The SMILES string of the molecule is CCC(=O)N(CCC(=O)O)c1ccc(F)c(F)c1F. The first-order valence-corrected chi connectivity index (χ1v) is 5.54. The van der Waals surface area contributed by atoms with Crippen LogP contribution in [-0.2, 0) is 9.59 Å². The number of carbonyl (C=O) groups excluding carboxylic acids is 1. The van der Waals surface area contributed by atoms with Crippen LogP contribution in [0.2, 0.25) is 0 Å². The van der Waals surface area contributed by atoms with Gasteiger partial charge in [0, 0.05) is 13.0 Å². The van der Waals surface area contributed by atoms with Crippen LogP contribution in [0, 0.1) is 17.5 Å². The van der Waals surface area contributed by atoms with Gasteiger partial charge in [-0.25, -0.2) is 13.2 Å². The van der Waals surface area contributed by atoms with E-state index < -0.39 is 41.4 Å². The lowest BCUT2D eigenvalue weighted by Crippen LogP contribution is -2.33. The van der Waals surface area contributed by atoms with Crippen molar-refractivity contribution in [3.05, 3.63) is 29.6 Å². The van der Waals surface area contributed by atoms with Gasteiger partial charge < -0.3 is 10.0 Å². The van der Waals surface area contributed by atoms with Crippen molar-refractivity contribution in [3.63, 3.8) is 0 Å². The Bertz CT molecular complexity index is 505. The molecule has 0 fully saturated rings. The van der Waals surface area contributed by atoms with E-state index in [0.29, 0.717) is 6.07 Å². The van der Waals surface area contributed by atoms with E-state index in [0.717, 1.165) is 11.0 Å². The van der Waals surface area contributed by atoms with Gasteiger partial charge in [0.2, 0.25) is 5.91 Å². The number of carbonyl (C=O) groups is 2. The molecule has 0 heterocycles. The Kier molecular flexibility index (Phi) is 4.91. The molecular formula is C12H12F3NO3. The van der Waals surface area contributed by atoms with Crippen molar-refractivity contribution in [2.75, 3.05) is 11.4 Å². The highest BCUT2D eigenvalue weighted by molar-refractivity contribution is 5.93. The van der Waals surface area contributed by atoms with E-state index in [4.69, 9.17) is 5.11 Å². The molecular weight excluding hydrogens is 263 g/mol. The number of nitrogens with zero attached hydrogens (tertiary/aromatic N) is 1. The summed E-state index contributed by atoms with van der Waals surface area (Å²) in [6, 6.07) is 1.59. The van der Waals surface area contributed by atoms with E-state index in [-0.39, 0.29) is 13.0 Å². The van der Waals surface area contributed by atoms with Crippen LogP contribution in [0.1, 0.15) is 19.8 Å². The maximum atomic E-state index is 13.6. The third-order valence-corrected chi connectivity index (χ3v) is 2.46. The summed E-state index contributed by atoms with van der Waals surface area (Å²) in [7, 11) is 0. The zero-order chi connectivity index (χ0) is 14.6. The quantitative estimate of drug-likeness (QED) is 0.839. The van der Waals surface area contributed by atoms with E-state index in [1.165, 1.54) is 6.92 Å². The van der Waals surface area contributed by atoms with E-state index in [1.807, 2.05) is 0 Å². The largest absolute Gasteiger partial charge is 0.481 e. The molecule has 104 valence electrons. The second-order valence-corrected chi connectivity index (χ2v) is 3.74. The van der Waals surface area contributed by atoms with Crippen molar-refractivity contribution in [1.29, 1.82) is 0 Å². The average Bonchev–Trinajstić information content (AvgIpc) is 2.37. The van der Waals surface area contributed by atoms with Crippen molar-refractivity contribution in [2.24, 2.45) is 0 Å². The Morgan fingerprint density at radius 1 is 1.21 bits per heavy atom. The number of carboxylic acid groups (broad SMARTS) is 1. The highest BCUT2D eigenvalue weighted by Gasteiger charge is 2.22. The molecule has 0 aliphatic rings. The fourth-order valence-electron chi connectivity index (χ4n) is 1.50. The summed E-state index contributed by atoms with van der Waals surface area (Å²) in [5, 5.41) is 8.57. The summed E-state index contributed by atoms with van der Waals surface area (Å²) in [6.45, 7) is 1.18. The van der Waals surface area contributed by atoms with Gasteiger partial charge in [-0.15, -0.1) is 0 Å². The summed E-state index contributed by atoms with van der Waals surface area (Å²) in [4.78, 5) is 22.9. The van der Waals surface area contributed by atoms with Crippen LogP contribution in [0.25, 0.3) is 0 Å². The van der Waals surface area contributed by atoms with Crippen LogP contribution in [0.5, 0.6) is 0 Å². The van der Waals surface area contributed by atoms with Crippen LogP contribution in [0.3, 0.4) is 0 Å². The number of carboxylic acids is 1. The van der Waals surface area contributed by atoms with Gasteiger partial charge in [-0.05, 0) is 12.1 Å². The van der Waals surface area contributed by atoms with Crippen molar-refractivity contribution in [2.45, 2.75) is 19.8 Å². The molecule has 0 unspecified atom stereocenters. The molecule has 0 aliphatic carbocycles. The topological polar surface area (TPSA) is 57.6 Å². The van der Waals surface area contributed by atoms with Crippen LogP contribution in [0.4, 0.5) is 18.9 Å². The maximum Gasteiger partial charge on any atom is 0.305 e. The number of rotatable bonds is 5. The molecule has 1 rings (SSSR count). The summed E-state index contributed by atoms with van der Waals surface area (Å²) in [6.07, 6.45) is -0.442. The Morgan fingerprint density at radius 2 is 1.84 bits per heavy atom. The molecule has 0 atom stereocenters. The van der Waals surface area contributed by atoms with Gasteiger partial charge in [-0.1, -0.05) is 6.92 Å². The lowest BCUT2D eigenvalue weighted by atomic mass is 10.2. The van der Waals surface area contributed by atoms with Crippen molar-refractivity contribution < 1.29 is 27.9 Å². The van der Waals surface area contributed by atoms with Crippen molar-refractivity contribution >= 4 is 17.6 Å². The van der Waals surface area contributed by atoms with Crippen molar-refractivity contribution in [3.8, 4) is 0 Å². The lowest BCUT2D eigenvalue weighted by molar-refractivity contribution is -0.136. The summed E-state index contributed by atoms with van der Waals surface area (Å²) < 4.78 is 39.5. The first-order valence-electron chi connectivity index (χ1n) is 5.54. The summed E-state index contributed by atoms with van der Waals surface area (Å²) in [5.41, 5.74) is -0.466. The Balaban J connectivity index is 3.14. The van der Waals surface area contributed by atoms with Gasteiger partial charge in [0.25, 0.3) is 0 Å². The smallest absolute Gasteiger partial charge is 0.305 e. The molecule has 1 aromatic rings. The Hall–Kier alpha value is -2.05. The third-order valence-electron chi connectivity index (χ3n) is 2.46. The molecule has 0 aromatic heterocycles. The minimum absolute atomic E-state index is 0.0158. The molecule has 0 aliphatic heterocycles. The monoisotopic (exact) mass is 275 g/mol. The Morgan fingerprint density at radius 3 is 2.37 bits per heavy atom. The molecule has 1 N–H and O–H groups in total. The number of hydrogen-bond acceptors (Lipinski definition) is 2. The molecule has 0 saturated heterocycles. The van der Waals surface area contributed by atoms with Crippen LogP contribution in [0.15, 0.2) is 12.1 Å². The fourth-order valence-corrected chi connectivity index (χ4v) is 1.50. The minimum atomic E-state index is -1.69. The molecule has 0 spiro atoms. The minimum Gasteiger partial charge on any atom is -0.481 e. The van der Waals surface area contributed by atoms with Gasteiger partial charge in [-0.2, -0.15) is 0 Å². The van der Waals surface area contributed by atoms with Crippen molar-refractivity contribution in [1.82, 2.24) is 0 Å². The lowest BCUT2D eigenvalue weighted by Gasteiger charge is -2.22. The van der Waals surface area contributed by atoms with Gasteiger partial charge >= 0.3 is 5.97 Å². The molecule has 19 heavy (non-hydrogen) atoms. The molecule has 0 bridgehead atoms. The zero-order valence-electron chi connectivity index (χ0n) is 10.1.